The highest BCUT2D eigenvalue weighted by Crippen LogP contribution is 2.44. The Bertz CT molecular complexity index is 713. The zero-order valence-corrected chi connectivity index (χ0v) is 14.7. The molecular formula is C16H20F2N2O4S. The summed E-state index contributed by atoms with van der Waals surface area (Å²) in [6.45, 7) is 4.48. The summed E-state index contributed by atoms with van der Waals surface area (Å²) >= 11 is 0. The number of hydrogen-bond donors (Lipinski definition) is 2. The number of halogens is 2. The molecule has 1 fully saturated rings. The third-order valence-electron chi connectivity index (χ3n) is 4.54. The second-order valence-electron chi connectivity index (χ2n) is 6.62. The maximum atomic E-state index is 12.8. The fourth-order valence-electron chi connectivity index (χ4n) is 3.23. The molecule has 1 aromatic carbocycles. The number of alkyl halides is 2. The summed E-state index contributed by atoms with van der Waals surface area (Å²) in [5, 5.41) is 13.7. The summed E-state index contributed by atoms with van der Waals surface area (Å²) in [5.41, 5.74) is -0.569. The molecule has 3 atom stereocenters. The molecule has 1 amide bonds. The van der Waals surface area contributed by atoms with Crippen LogP contribution in [0.1, 0.15) is 25.5 Å². The molecule has 2 aliphatic rings. The van der Waals surface area contributed by atoms with Crippen molar-refractivity contribution in [2.75, 3.05) is 19.6 Å². The summed E-state index contributed by atoms with van der Waals surface area (Å²) in [5.74, 6) is -2.82. The summed E-state index contributed by atoms with van der Waals surface area (Å²) in [7, 11) is -2.48. The van der Waals surface area contributed by atoms with Gasteiger partial charge in [0.1, 0.15) is 28.3 Å². The lowest BCUT2D eigenvalue weighted by molar-refractivity contribution is -0.145. The van der Waals surface area contributed by atoms with Crippen LogP contribution in [0.15, 0.2) is 23.1 Å². The molecule has 2 N–H and O–H groups in total. The first-order valence-corrected chi connectivity index (χ1v) is 9.13. The van der Waals surface area contributed by atoms with Crippen LogP contribution in [0.25, 0.3) is 0 Å². The van der Waals surface area contributed by atoms with E-state index >= 15 is 0 Å². The lowest BCUT2D eigenvalue weighted by atomic mass is 9.85. The van der Waals surface area contributed by atoms with Gasteiger partial charge in [-0.15, -0.1) is 0 Å². The zero-order valence-electron chi connectivity index (χ0n) is 13.9. The first kappa shape index (κ1) is 18.2. The van der Waals surface area contributed by atoms with Crippen LogP contribution in [0.4, 0.5) is 8.78 Å². The molecule has 2 heterocycles. The van der Waals surface area contributed by atoms with E-state index in [1.54, 1.807) is 13.8 Å². The van der Waals surface area contributed by atoms with Gasteiger partial charge >= 0.3 is 5.76 Å². The Morgan fingerprint density at radius 1 is 1.44 bits per heavy atom. The molecule has 0 spiro atoms. The van der Waals surface area contributed by atoms with Crippen LogP contribution in [-0.4, -0.2) is 57.2 Å². The van der Waals surface area contributed by atoms with Crippen LogP contribution in [0.5, 0.6) is 5.75 Å². The Labute approximate surface area is 146 Å². The van der Waals surface area contributed by atoms with E-state index in [1.165, 1.54) is 23.1 Å². The highest BCUT2D eigenvalue weighted by atomic mass is 32.2. The Morgan fingerprint density at radius 3 is 2.80 bits per heavy atom. The molecule has 2 aliphatic heterocycles. The second-order valence-corrected chi connectivity index (χ2v) is 8.04. The molecular weight excluding hydrogens is 354 g/mol. The van der Waals surface area contributed by atoms with E-state index in [0.29, 0.717) is 24.4 Å². The van der Waals surface area contributed by atoms with Gasteiger partial charge in [0.2, 0.25) is 5.91 Å². The highest BCUT2D eigenvalue weighted by Gasteiger charge is 2.47. The molecule has 9 heteroatoms. The Balaban J connectivity index is 2.09. The molecule has 3 unspecified atom stereocenters. The van der Waals surface area contributed by atoms with E-state index < -0.39 is 34.3 Å². The lowest BCUT2D eigenvalue weighted by Gasteiger charge is -2.47. The second kappa shape index (κ2) is 6.62. The van der Waals surface area contributed by atoms with Crippen molar-refractivity contribution in [1.29, 1.82) is 0 Å². The molecule has 25 heavy (non-hydrogen) atoms. The van der Waals surface area contributed by atoms with Crippen molar-refractivity contribution in [3.63, 3.8) is 0 Å². The molecule has 0 aliphatic carbocycles. The van der Waals surface area contributed by atoms with E-state index in [1.807, 2.05) is 0 Å². The summed E-state index contributed by atoms with van der Waals surface area (Å²) < 4.78 is 43.2. The van der Waals surface area contributed by atoms with Gasteiger partial charge in [0.25, 0.3) is 0 Å². The van der Waals surface area contributed by atoms with Gasteiger partial charge in [-0.1, -0.05) is 0 Å². The average molecular weight is 374 g/mol. The molecule has 0 radical (unpaired) electrons. The predicted octanol–water partition coefficient (Wildman–Crippen LogP) is 1.02. The van der Waals surface area contributed by atoms with Crippen LogP contribution in [0.2, 0.25) is 0 Å². The lowest BCUT2D eigenvalue weighted by Crippen LogP contribution is -2.58. The Hall–Kier alpha value is -1.58. The Morgan fingerprint density at radius 2 is 2.16 bits per heavy atom. The molecule has 0 aromatic heterocycles. The van der Waals surface area contributed by atoms with Crippen LogP contribution < -0.4 is 10.1 Å². The van der Waals surface area contributed by atoms with Crippen LogP contribution >= 0.6 is 0 Å². The van der Waals surface area contributed by atoms with E-state index in [-0.39, 0.29) is 17.3 Å². The van der Waals surface area contributed by atoms with Gasteiger partial charge in [-0.05, 0) is 32.0 Å². The van der Waals surface area contributed by atoms with Crippen molar-refractivity contribution >= 4 is 16.7 Å². The average Bonchev–Trinajstić information content (AvgIpc) is 2.56. The normalized spacial score (nSPS) is 27.0. The number of ether oxygens (including phenoxy) is 1. The first-order chi connectivity index (χ1) is 11.7. The van der Waals surface area contributed by atoms with E-state index in [4.69, 9.17) is 4.74 Å². The van der Waals surface area contributed by atoms with Gasteiger partial charge < -0.3 is 20.1 Å². The van der Waals surface area contributed by atoms with Crippen molar-refractivity contribution in [3.05, 3.63) is 23.8 Å². The zero-order chi connectivity index (χ0) is 18.4. The van der Waals surface area contributed by atoms with Gasteiger partial charge in [-0.25, -0.2) is 4.21 Å². The number of carbonyl (C=O) groups excluding carboxylic acids is 1. The smallest absolute Gasteiger partial charge is 0.316 e. The molecule has 138 valence electrons. The van der Waals surface area contributed by atoms with Crippen molar-refractivity contribution in [3.8, 4) is 5.75 Å². The Kier molecular flexibility index (Phi) is 4.82. The standard InChI is InChI=1S/C16H20F2N2O4S/c1-16(2)14(22)13(20-6-5-19-8-12(20)21)10-7-9(25(23)15(17)18)3-4-11(10)24-16/h3-4,7,13-15,19,22H,5-6,8H2,1-2H3. The number of amides is 1. The van der Waals surface area contributed by atoms with E-state index in [2.05, 4.69) is 5.32 Å². The van der Waals surface area contributed by atoms with Gasteiger partial charge in [0.05, 0.1) is 12.6 Å². The van der Waals surface area contributed by atoms with Crippen molar-refractivity contribution in [1.82, 2.24) is 10.2 Å². The molecule has 0 bridgehead atoms. The van der Waals surface area contributed by atoms with Gasteiger partial charge in [0, 0.05) is 23.5 Å². The van der Waals surface area contributed by atoms with Crippen molar-refractivity contribution in [2.45, 2.75) is 42.2 Å². The van der Waals surface area contributed by atoms with Crippen molar-refractivity contribution < 1.29 is 27.6 Å². The fourth-order valence-corrected chi connectivity index (χ4v) is 3.88. The SMILES string of the molecule is CC1(C)Oc2ccc(S(=O)C(F)F)cc2C(N2CCNCC2=O)C1O. The number of carbonyl (C=O) groups is 1. The van der Waals surface area contributed by atoms with Crippen LogP contribution in [0, 0.1) is 0 Å². The predicted molar refractivity (Wildman–Crippen MR) is 86.9 cm³/mol. The summed E-state index contributed by atoms with van der Waals surface area (Å²) in [4.78, 5) is 13.8. The molecule has 1 saturated heterocycles. The third-order valence-corrected chi connectivity index (χ3v) is 5.58. The molecule has 1 aromatic rings. The number of hydrogen-bond acceptors (Lipinski definition) is 5. The maximum Gasteiger partial charge on any atom is 0.316 e. The minimum Gasteiger partial charge on any atom is -0.485 e. The quantitative estimate of drug-likeness (QED) is 0.826. The van der Waals surface area contributed by atoms with E-state index in [9.17, 15) is 22.9 Å². The minimum absolute atomic E-state index is 0.0585. The number of nitrogens with zero attached hydrogens (tertiary/aromatic N) is 1. The minimum atomic E-state index is -3.01. The summed E-state index contributed by atoms with van der Waals surface area (Å²) in [6.07, 6.45) is -1.06. The third kappa shape index (κ3) is 3.28. The highest BCUT2D eigenvalue weighted by molar-refractivity contribution is 7.85. The van der Waals surface area contributed by atoms with Gasteiger partial charge in [0.15, 0.2) is 0 Å². The van der Waals surface area contributed by atoms with Gasteiger partial charge in [-0.3, -0.25) is 4.79 Å². The number of aliphatic hydroxyl groups is 1. The molecule has 6 nitrogen and oxygen atoms in total. The molecule has 0 saturated carbocycles. The van der Waals surface area contributed by atoms with E-state index in [0.717, 1.165) is 0 Å². The maximum absolute atomic E-state index is 12.8. The monoisotopic (exact) mass is 374 g/mol. The van der Waals surface area contributed by atoms with Crippen LogP contribution in [-0.2, 0) is 15.6 Å². The van der Waals surface area contributed by atoms with Crippen molar-refractivity contribution in [2.24, 2.45) is 0 Å². The fraction of sp³-hybridized carbons (Fsp3) is 0.562. The number of rotatable bonds is 3. The first-order valence-electron chi connectivity index (χ1n) is 7.92. The van der Waals surface area contributed by atoms with Gasteiger partial charge in [-0.2, -0.15) is 8.78 Å². The number of fused-ring (bicyclic) bond motifs is 1. The molecule has 3 rings (SSSR count). The largest absolute Gasteiger partial charge is 0.485 e. The number of piperazine rings is 1. The summed E-state index contributed by atoms with van der Waals surface area (Å²) in [6, 6.07) is 3.39. The number of nitrogens with one attached hydrogen (secondary N) is 1. The van der Waals surface area contributed by atoms with Crippen LogP contribution in [0.3, 0.4) is 0 Å². The number of benzene rings is 1. The number of aliphatic hydroxyl groups excluding tert-OH is 1. The topological polar surface area (TPSA) is 78.9 Å².